The number of aryl methyl sites for hydroxylation is 1. The van der Waals surface area contributed by atoms with Gasteiger partial charge in [-0.3, -0.25) is 9.97 Å². The van der Waals surface area contributed by atoms with Crippen LogP contribution in [0.3, 0.4) is 0 Å². The number of fused-ring (bicyclic) bond motifs is 7. The molecule has 0 bridgehead atoms. The molecule has 4 aromatic carbocycles. The molecular weight excluding hydrogens is 990 g/mol. The van der Waals surface area contributed by atoms with Crippen molar-refractivity contribution >= 4 is 68.3 Å². The quantitative estimate of drug-likeness (QED) is 0.111. The first-order valence-corrected chi connectivity index (χ1v) is 25.4. The van der Waals surface area contributed by atoms with E-state index in [0.717, 1.165) is 84.2 Å². The van der Waals surface area contributed by atoms with E-state index >= 15 is 0 Å². The second-order valence-electron chi connectivity index (χ2n) is 18.7. The Labute approximate surface area is 388 Å². The number of pyridine rings is 3. The smallest absolute Gasteiger partial charge is 0.141 e. The van der Waals surface area contributed by atoms with E-state index in [2.05, 4.69) is 137 Å². The molecule has 0 aliphatic rings. The van der Waals surface area contributed by atoms with Crippen LogP contribution in [0.1, 0.15) is 75.8 Å². The summed E-state index contributed by atoms with van der Waals surface area (Å²) in [5.41, 5.74) is 13.0. The van der Waals surface area contributed by atoms with Crippen LogP contribution in [-0.2, 0) is 26.5 Å². The van der Waals surface area contributed by atoms with Gasteiger partial charge in [0.2, 0.25) is 0 Å². The third-order valence-corrected chi connectivity index (χ3v) is 13.8. The summed E-state index contributed by atoms with van der Waals surface area (Å²) in [6.07, 6.45) is 8.22. The number of halogens is 1. The molecule has 0 amide bonds. The predicted molar refractivity (Wildman–Crippen MR) is 258 cm³/mol. The molecule has 0 N–H and O–H groups in total. The van der Waals surface area contributed by atoms with Gasteiger partial charge in [-0.15, -0.1) is 24.3 Å². The van der Waals surface area contributed by atoms with Crippen LogP contribution in [0.4, 0.5) is 4.39 Å². The van der Waals surface area contributed by atoms with Crippen LogP contribution in [0.15, 0.2) is 112 Å². The van der Waals surface area contributed by atoms with Crippen molar-refractivity contribution in [1.82, 2.24) is 24.5 Å². The van der Waals surface area contributed by atoms with E-state index in [4.69, 9.17) is 18.8 Å². The molecule has 0 spiro atoms. The maximum atomic E-state index is 13.8. The van der Waals surface area contributed by atoms with Gasteiger partial charge in [0.25, 0.3) is 0 Å². The van der Waals surface area contributed by atoms with Crippen LogP contribution in [-0.4, -0.2) is 32.6 Å². The number of hydrogen-bond donors (Lipinski definition) is 0. The number of hydrogen-bond acceptors (Lipinski definition) is 6. The van der Waals surface area contributed by atoms with Crippen molar-refractivity contribution in [2.24, 2.45) is 5.92 Å². The fraction of sp³-hybridized carbons (Fsp3) is 0.259. The van der Waals surface area contributed by atoms with Crippen molar-refractivity contribution in [2.75, 3.05) is 0 Å². The average Bonchev–Trinajstić information content (AvgIpc) is 3.93. The molecule has 6 aromatic heterocycles. The van der Waals surface area contributed by atoms with Crippen LogP contribution in [0.25, 0.3) is 83.4 Å². The van der Waals surface area contributed by atoms with Gasteiger partial charge >= 0.3 is 0 Å². The third-order valence-electron chi connectivity index (χ3n) is 11.7. The minimum atomic E-state index is -1.44. The van der Waals surface area contributed by atoms with Crippen molar-refractivity contribution in [3.63, 3.8) is 0 Å². The fourth-order valence-corrected chi connectivity index (χ4v) is 10.3. The van der Waals surface area contributed by atoms with E-state index in [-0.39, 0.29) is 25.9 Å². The van der Waals surface area contributed by atoms with Gasteiger partial charge in [0.1, 0.15) is 22.7 Å². The topological polar surface area (TPSA) is 82.8 Å². The number of para-hydroxylation sites is 2. The van der Waals surface area contributed by atoms with Gasteiger partial charge in [0.05, 0.1) is 36.7 Å². The summed E-state index contributed by atoms with van der Waals surface area (Å²) in [6.45, 7) is 22.5. The minimum Gasteiger partial charge on any atom is -0.501 e. The van der Waals surface area contributed by atoms with Gasteiger partial charge in [-0.1, -0.05) is 126 Å². The number of benzene rings is 4. The van der Waals surface area contributed by atoms with Crippen molar-refractivity contribution in [3.05, 3.63) is 144 Å². The molecule has 327 valence electrons. The Balaban J connectivity index is 0.000000179. The molecule has 6 heterocycles. The molecule has 0 atom stereocenters. The van der Waals surface area contributed by atoms with E-state index in [0.29, 0.717) is 29.1 Å². The summed E-state index contributed by atoms with van der Waals surface area (Å²) >= 11 is 0. The number of imidazole rings is 1. The van der Waals surface area contributed by atoms with Gasteiger partial charge in [0, 0.05) is 54.5 Å². The number of furan rings is 2. The van der Waals surface area contributed by atoms with E-state index < -0.39 is 8.07 Å². The maximum Gasteiger partial charge on any atom is 0.141 e. The van der Waals surface area contributed by atoms with Gasteiger partial charge in [-0.05, 0) is 89.0 Å². The predicted octanol–water partition coefficient (Wildman–Crippen LogP) is 14.1. The summed E-state index contributed by atoms with van der Waals surface area (Å²) < 4.78 is 28.0. The minimum absolute atomic E-state index is 0. The maximum absolute atomic E-state index is 13.8. The Morgan fingerprint density at radius 2 is 1.48 bits per heavy atom. The zero-order valence-electron chi connectivity index (χ0n) is 38.0. The van der Waals surface area contributed by atoms with Crippen LogP contribution >= 0.6 is 0 Å². The van der Waals surface area contributed by atoms with Crippen molar-refractivity contribution in [1.29, 1.82) is 0 Å². The van der Waals surface area contributed by atoms with Gasteiger partial charge in [-0.2, -0.15) is 0 Å². The van der Waals surface area contributed by atoms with E-state index in [9.17, 15) is 4.39 Å². The number of aromatic nitrogens is 5. The Hall–Kier alpha value is -5.80. The van der Waals surface area contributed by atoms with E-state index in [1.54, 1.807) is 6.07 Å². The number of rotatable bonds is 8. The third kappa shape index (κ3) is 8.35. The molecule has 10 heteroatoms. The Kier molecular flexibility index (Phi) is 12.3. The molecule has 0 unspecified atom stereocenters. The van der Waals surface area contributed by atoms with Crippen LogP contribution in [0, 0.1) is 30.9 Å². The van der Waals surface area contributed by atoms with Crippen LogP contribution < -0.4 is 5.19 Å². The summed E-state index contributed by atoms with van der Waals surface area (Å²) in [4.78, 5) is 19.0. The second kappa shape index (κ2) is 17.6. The molecule has 1 radical (unpaired) electrons. The first-order chi connectivity index (χ1) is 30.2. The zero-order chi connectivity index (χ0) is 44.3. The average molecular weight is 1040 g/mol. The fourth-order valence-electron chi connectivity index (χ4n) is 8.76. The van der Waals surface area contributed by atoms with E-state index in [1.807, 2.05) is 43.5 Å². The standard InChI is InChI=1S/C30H26FN4O.C24H26NOSi.Ir/c1-16(2)21-7-6-8-22(17(3)4)28(21)35-26-15-32-18(5)11-25(26)34-29(35)19-12-24-23-10-9-20(31)13-27(23)36-30(24)33-14-19;1-16(2)13-17-14-21(25-15-23(17)27(3,4)5)20-11-8-10-19-18-9-6-7-12-22(18)26-24(19)20;/h6-13,15-17H,1-5H3;6-10,12,14-16H,13H2,1-5H3;/q2*-1;. The van der Waals surface area contributed by atoms with Crippen LogP contribution in [0.2, 0.25) is 19.6 Å². The van der Waals surface area contributed by atoms with Gasteiger partial charge in [-0.25, -0.2) is 4.39 Å². The van der Waals surface area contributed by atoms with Crippen molar-refractivity contribution in [3.8, 4) is 28.3 Å². The Morgan fingerprint density at radius 1 is 0.750 bits per heavy atom. The molecule has 0 saturated carbocycles. The summed E-state index contributed by atoms with van der Waals surface area (Å²) in [6, 6.07) is 32.9. The van der Waals surface area contributed by atoms with Crippen molar-refractivity contribution in [2.45, 2.75) is 86.4 Å². The molecule has 0 aliphatic carbocycles. The molecule has 10 rings (SSSR count). The first-order valence-electron chi connectivity index (χ1n) is 21.9. The summed E-state index contributed by atoms with van der Waals surface area (Å²) in [5.74, 6) is 1.61. The zero-order valence-corrected chi connectivity index (χ0v) is 41.4. The van der Waals surface area contributed by atoms with Gasteiger partial charge < -0.3 is 23.4 Å². The van der Waals surface area contributed by atoms with Crippen molar-refractivity contribution < 1.29 is 33.3 Å². The second-order valence-corrected chi connectivity index (χ2v) is 23.7. The molecule has 7 nitrogen and oxygen atoms in total. The largest absolute Gasteiger partial charge is 0.501 e. The Bertz CT molecular complexity index is 3310. The Morgan fingerprint density at radius 3 is 2.20 bits per heavy atom. The molecule has 0 saturated heterocycles. The molecule has 0 fully saturated rings. The molecule has 0 aliphatic heterocycles. The summed E-state index contributed by atoms with van der Waals surface area (Å²) in [5, 5.41) is 5.33. The molecule has 10 aromatic rings. The molecule has 64 heavy (non-hydrogen) atoms. The van der Waals surface area contributed by atoms with E-state index in [1.165, 1.54) is 34.0 Å². The van der Waals surface area contributed by atoms with Gasteiger partial charge in [0.15, 0.2) is 0 Å². The first kappa shape index (κ1) is 44.8. The SMILES string of the molecule is CC(C)Cc1cc(-c2[c-]ccc3c2oc2ccccc23)ncc1[Si](C)(C)C.Cc1cc2nc(-c3[c-]nc4oc5cc(F)ccc5c4c3)n(-c3c(C(C)C)cccc3C(C)C)c2cn1.[Ir]. The monoisotopic (exact) mass is 1040 g/mol. The molecular formula is C54H52FIrN5O2Si-2. The normalized spacial score (nSPS) is 12.0. The number of nitrogens with zero attached hydrogens (tertiary/aromatic N) is 5. The van der Waals surface area contributed by atoms with Crippen LogP contribution in [0.5, 0.6) is 0 Å². The summed E-state index contributed by atoms with van der Waals surface area (Å²) in [7, 11) is -1.44.